The molecule has 2 N–H and O–H groups in total. The first-order valence-corrected chi connectivity index (χ1v) is 7.44. The van der Waals surface area contributed by atoms with E-state index in [0.717, 1.165) is 28.2 Å². The minimum absolute atomic E-state index is 0.193. The van der Waals surface area contributed by atoms with Crippen LogP contribution < -0.4 is 10.1 Å². The molecule has 0 aliphatic heterocycles. The molecular formula is C15H14ClN5O. The topological polar surface area (TPSA) is 75.7 Å². The molecule has 0 radical (unpaired) electrons. The van der Waals surface area contributed by atoms with Crippen molar-refractivity contribution in [2.75, 3.05) is 12.4 Å². The monoisotopic (exact) mass is 315 g/mol. The second kappa shape index (κ2) is 5.14. The summed E-state index contributed by atoms with van der Waals surface area (Å²) in [6.45, 7) is 0. The van der Waals surface area contributed by atoms with Crippen LogP contribution in [0.3, 0.4) is 0 Å². The maximum absolute atomic E-state index is 6.01. The molecule has 0 amide bonds. The average molecular weight is 316 g/mol. The third-order valence-electron chi connectivity index (χ3n) is 3.74. The zero-order valence-electron chi connectivity index (χ0n) is 11.9. The number of halogens is 1. The molecule has 2 heterocycles. The van der Waals surface area contributed by atoms with Gasteiger partial charge in [-0.05, 0) is 42.6 Å². The lowest BCUT2D eigenvalue weighted by Crippen LogP contribution is -1.98. The van der Waals surface area contributed by atoms with Gasteiger partial charge in [0.2, 0.25) is 5.28 Å². The third-order valence-corrected chi connectivity index (χ3v) is 3.91. The highest BCUT2D eigenvalue weighted by Crippen LogP contribution is 2.39. The average Bonchev–Trinajstić information content (AvgIpc) is 3.27. The number of hydrogen-bond donors (Lipinski definition) is 2. The van der Waals surface area contributed by atoms with Gasteiger partial charge in [-0.15, -0.1) is 0 Å². The Kier molecular flexibility index (Phi) is 3.11. The fraction of sp³-hybridized carbons (Fsp3) is 0.267. The lowest BCUT2D eigenvalue weighted by Gasteiger charge is -2.08. The van der Waals surface area contributed by atoms with E-state index in [2.05, 4.69) is 25.5 Å². The van der Waals surface area contributed by atoms with Crippen LogP contribution in [-0.4, -0.2) is 27.3 Å². The lowest BCUT2D eigenvalue weighted by atomic mass is 10.2. The first kappa shape index (κ1) is 13.3. The number of anilines is 2. The van der Waals surface area contributed by atoms with Crippen molar-refractivity contribution < 1.29 is 4.74 Å². The number of methoxy groups -OCH3 is 1. The molecule has 7 heteroatoms. The summed E-state index contributed by atoms with van der Waals surface area (Å²) in [4.78, 5) is 8.50. The van der Waals surface area contributed by atoms with Gasteiger partial charge in [-0.25, -0.2) is 4.98 Å². The van der Waals surface area contributed by atoms with Gasteiger partial charge in [0.05, 0.1) is 12.6 Å². The second-order valence-corrected chi connectivity index (χ2v) is 5.67. The van der Waals surface area contributed by atoms with E-state index in [1.165, 1.54) is 12.8 Å². The normalized spacial score (nSPS) is 14.3. The molecule has 6 nitrogen and oxygen atoms in total. The summed E-state index contributed by atoms with van der Waals surface area (Å²) >= 11 is 6.01. The first-order valence-electron chi connectivity index (χ1n) is 7.06. The molecule has 0 saturated heterocycles. The van der Waals surface area contributed by atoms with Crippen LogP contribution in [0.5, 0.6) is 5.75 Å². The number of fused-ring (bicyclic) bond motifs is 1. The summed E-state index contributed by atoms with van der Waals surface area (Å²) in [5.74, 6) is 2.69. The number of H-pyrrole nitrogens is 1. The summed E-state index contributed by atoms with van der Waals surface area (Å²) in [5, 5.41) is 11.6. The highest BCUT2D eigenvalue weighted by Gasteiger charge is 2.25. The summed E-state index contributed by atoms with van der Waals surface area (Å²) in [7, 11) is 1.63. The summed E-state index contributed by atoms with van der Waals surface area (Å²) in [6, 6.07) is 7.59. The molecule has 112 valence electrons. The predicted octanol–water partition coefficient (Wildman–Crippen LogP) is 3.64. The van der Waals surface area contributed by atoms with Crippen molar-refractivity contribution in [3.05, 3.63) is 35.2 Å². The fourth-order valence-corrected chi connectivity index (χ4v) is 2.60. The van der Waals surface area contributed by atoms with Gasteiger partial charge in [-0.1, -0.05) is 0 Å². The maximum Gasteiger partial charge on any atom is 0.224 e. The van der Waals surface area contributed by atoms with Gasteiger partial charge in [-0.3, -0.25) is 5.10 Å². The number of nitrogens with one attached hydrogen (secondary N) is 2. The number of ether oxygens (including phenoxy) is 1. The molecule has 1 aromatic carbocycles. The number of rotatable bonds is 4. The van der Waals surface area contributed by atoms with E-state index in [-0.39, 0.29) is 5.28 Å². The van der Waals surface area contributed by atoms with Gasteiger partial charge < -0.3 is 10.1 Å². The number of benzene rings is 1. The van der Waals surface area contributed by atoms with Gasteiger partial charge >= 0.3 is 0 Å². The van der Waals surface area contributed by atoms with E-state index in [1.807, 2.05) is 24.3 Å². The maximum atomic E-state index is 6.01. The van der Waals surface area contributed by atoms with Crippen molar-refractivity contribution in [1.29, 1.82) is 0 Å². The van der Waals surface area contributed by atoms with Crippen LogP contribution in [0.4, 0.5) is 11.6 Å². The zero-order valence-corrected chi connectivity index (χ0v) is 12.7. The van der Waals surface area contributed by atoms with Crippen molar-refractivity contribution >= 4 is 34.1 Å². The van der Waals surface area contributed by atoms with Crippen LogP contribution in [0.15, 0.2) is 24.3 Å². The molecule has 0 atom stereocenters. The molecule has 0 bridgehead atoms. The molecule has 4 rings (SSSR count). The van der Waals surface area contributed by atoms with Gasteiger partial charge in [0, 0.05) is 23.1 Å². The predicted molar refractivity (Wildman–Crippen MR) is 84.9 cm³/mol. The minimum Gasteiger partial charge on any atom is -0.497 e. The number of nitrogens with zero attached hydrogens (tertiary/aromatic N) is 3. The van der Waals surface area contributed by atoms with E-state index >= 15 is 0 Å². The van der Waals surface area contributed by atoms with Gasteiger partial charge in [0.1, 0.15) is 11.6 Å². The molecular weight excluding hydrogens is 302 g/mol. The highest BCUT2D eigenvalue weighted by atomic mass is 35.5. The van der Waals surface area contributed by atoms with Crippen molar-refractivity contribution in [3.63, 3.8) is 0 Å². The van der Waals surface area contributed by atoms with Crippen LogP contribution in [0.2, 0.25) is 5.28 Å². The van der Waals surface area contributed by atoms with Crippen LogP contribution in [0.25, 0.3) is 10.9 Å². The Balaban J connectivity index is 1.74. The molecule has 1 saturated carbocycles. The molecule has 22 heavy (non-hydrogen) atoms. The van der Waals surface area contributed by atoms with Crippen LogP contribution in [0.1, 0.15) is 24.5 Å². The number of aromatic amines is 1. The molecule has 0 unspecified atom stereocenters. The molecule has 3 aromatic rings. The van der Waals surface area contributed by atoms with Crippen LogP contribution in [0, 0.1) is 0 Å². The van der Waals surface area contributed by atoms with E-state index in [9.17, 15) is 0 Å². The Labute approximate surface area is 131 Å². The highest BCUT2D eigenvalue weighted by molar-refractivity contribution is 6.28. The molecule has 2 aromatic heterocycles. The Bertz CT molecular complexity index is 843. The van der Waals surface area contributed by atoms with Crippen molar-refractivity contribution in [3.8, 4) is 5.75 Å². The van der Waals surface area contributed by atoms with Gasteiger partial charge in [0.25, 0.3) is 0 Å². The Morgan fingerprint density at radius 2 is 2.14 bits per heavy atom. The lowest BCUT2D eigenvalue weighted by molar-refractivity contribution is 0.415. The zero-order chi connectivity index (χ0) is 15.1. The third kappa shape index (κ3) is 2.46. The summed E-state index contributed by atoms with van der Waals surface area (Å²) < 4.78 is 5.26. The molecule has 1 aliphatic rings. The minimum atomic E-state index is 0.193. The van der Waals surface area contributed by atoms with E-state index < -0.39 is 0 Å². The van der Waals surface area contributed by atoms with E-state index in [4.69, 9.17) is 16.3 Å². The van der Waals surface area contributed by atoms with Crippen LogP contribution >= 0.6 is 11.6 Å². The first-order chi connectivity index (χ1) is 10.7. The second-order valence-electron chi connectivity index (χ2n) is 5.33. The van der Waals surface area contributed by atoms with Crippen molar-refractivity contribution in [2.24, 2.45) is 0 Å². The summed E-state index contributed by atoms with van der Waals surface area (Å²) in [6.07, 6.45) is 2.45. The SMILES string of the molecule is COc1ccc2nc(Cl)nc(Nc3cc(C4CC4)[nH]n3)c2c1. The van der Waals surface area contributed by atoms with Gasteiger partial charge in [0.15, 0.2) is 5.82 Å². The van der Waals surface area contributed by atoms with Crippen molar-refractivity contribution in [1.82, 2.24) is 20.2 Å². The Morgan fingerprint density at radius 3 is 2.91 bits per heavy atom. The molecule has 0 spiro atoms. The van der Waals surface area contributed by atoms with E-state index in [1.54, 1.807) is 7.11 Å². The Hall–Kier alpha value is -2.34. The smallest absolute Gasteiger partial charge is 0.224 e. The standard InChI is InChI=1S/C15H14ClN5O/c1-22-9-4-5-11-10(6-9)14(19-15(16)17-11)18-13-7-12(20-21-13)8-2-3-8/h4-8H,2-3H2,1H3,(H2,17,18,19,20,21). The Morgan fingerprint density at radius 1 is 1.27 bits per heavy atom. The molecule has 1 aliphatic carbocycles. The summed E-state index contributed by atoms with van der Waals surface area (Å²) in [5.41, 5.74) is 1.91. The quantitative estimate of drug-likeness (QED) is 0.719. The largest absolute Gasteiger partial charge is 0.497 e. The van der Waals surface area contributed by atoms with Crippen LogP contribution in [-0.2, 0) is 0 Å². The van der Waals surface area contributed by atoms with E-state index in [0.29, 0.717) is 11.7 Å². The fourth-order valence-electron chi connectivity index (χ4n) is 2.43. The number of hydrogen-bond acceptors (Lipinski definition) is 5. The van der Waals surface area contributed by atoms with Crippen molar-refractivity contribution in [2.45, 2.75) is 18.8 Å². The van der Waals surface area contributed by atoms with Gasteiger partial charge in [-0.2, -0.15) is 10.1 Å². The molecule has 1 fully saturated rings. The number of aromatic nitrogens is 4.